The fourth-order valence-electron chi connectivity index (χ4n) is 5.88. The Kier molecular flexibility index (Phi) is 7.64. The monoisotopic (exact) mass is 608 g/mol. The van der Waals surface area contributed by atoms with E-state index in [9.17, 15) is 26.4 Å². The van der Waals surface area contributed by atoms with Crippen LogP contribution in [0.3, 0.4) is 0 Å². The summed E-state index contributed by atoms with van der Waals surface area (Å²) in [7, 11) is -2.24. The minimum absolute atomic E-state index is 0.0190. The van der Waals surface area contributed by atoms with Crippen LogP contribution in [0.2, 0.25) is 0 Å². The number of imidazole rings is 1. The minimum atomic E-state index is -4.56. The fourth-order valence-corrected chi connectivity index (χ4v) is 7.13. The standard InChI is InChI=1S/C32H31F3N4O3S/c1-38-17-16-36-30(38)20-39(31(40)28-19-26(28)21-6-3-2-4-7-21)24-13-10-22-8-5-9-29(27(22)18-24)37-43(41,42)25-14-11-23(12-15-25)32(33,34)35/h2-4,6-7,10-18,26,28-29,37H,5,8-9,19-20H2,1H3/t26-,28?,29+/m1/s1. The Balaban J connectivity index is 1.29. The number of sulfonamides is 1. The summed E-state index contributed by atoms with van der Waals surface area (Å²) in [4.78, 5) is 19.9. The molecule has 0 saturated heterocycles. The molecule has 1 amide bonds. The molecule has 1 aromatic heterocycles. The van der Waals surface area contributed by atoms with Gasteiger partial charge in [0.25, 0.3) is 0 Å². The summed E-state index contributed by atoms with van der Waals surface area (Å²) in [6, 6.07) is 18.5. The van der Waals surface area contributed by atoms with Crippen LogP contribution in [0.4, 0.5) is 18.9 Å². The number of benzene rings is 3. The number of carbonyl (C=O) groups excluding carboxylic acids is 1. The van der Waals surface area contributed by atoms with Crippen molar-refractivity contribution in [2.45, 2.75) is 55.3 Å². The predicted octanol–water partition coefficient (Wildman–Crippen LogP) is 6.13. The van der Waals surface area contributed by atoms with Crippen LogP contribution in [0.1, 0.15) is 59.3 Å². The van der Waals surface area contributed by atoms with Crippen LogP contribution in [-0.4, -0.2) is 23.9 Å². The molecule has 1 unspecified atom stereocenters. The van der Waals surface area contributed by atoms with Crippen LogP contribution < -0.4 is 9.62 Å². The van der Waals surface area contributed by atoms with Crippen LogP contribution in [-0.2, 0) is 41.0 Å². The SMILES string of the molecule is Cn1ccnc1CN(C(=O)C1C[C@@H]1c1ccccc1)c1ccc2c(c1)[C@@H](NS(=O)(=O)c1ccc(C(F)(F)F)cc1)CCC2. The van der Waals surface area contributed by atoms with E-state index in [2.05, 4.69) is 9.71 Å². The molecule has 4 aromatic rings. The van der Waals surface area contributed by atoms with Gasteiger partial charge in [-0.2, -0.15) is 13.2 Å². The number of anilines is 1. The van der Waals surface area contributed by atoms with Crippen molar-refractivity contribution >= 4 is 21.6 Å². The highest BCUT2D eigenvalue weighted by Crippen LogP contribution is 2.49. The normalized spacial score (nSPS) is 20.0. The van der Waals surface area contributed by atoms with Gasteiger partial charge in [0, 0.05) is 37.1 Å². The molecule has 1 heterocycles. The molecule has 224 valence electrons. The summed E-state index contributed by atoms with van der Waals surface area (Å²) in [5, 5.41) is 0. The van der Waals surface area contributed by atoms with E-state index in [4.69, 9.17) is 0 Å². The largest absolute Gasteiger partial charge is 0.416 e. The maximum absolute atomic E-state index is 14.0. The van der Waals surface area contributed by atoms with Gasteiger partial charge in [-0.3, -0.25) is 4.79 Å². The van der Waals surface area contributed by atoms with E-state index in [0.29, 0.717) is 17.9 Å². The number of amides is 1. The van der Waals surface area contributed by atoms with Gasteiger partial charge in [-0.1, -0.05) is 36.4 Å². The lowest BCUT2D eigenvalue weighted by atomic mass is 9.87. The summed E-state index contributed by atoms with van der Waals surface area (Å²) >= 11 is 0. The second-order valence-corrected chi connectivity index (χ2v) is 12.9. The molecule has 1 N–H and O–H groups in total. The maximum Gasteiger partial charge on any atom is 0.416 e. The van der Waals surface area contributed by atoms with Crippen molar-refractivity contribution in [2.24, 2.45) is 13.0 Å². The zero-order valence-corrected chi connectivity index (χ0v) is 24.3. The highest BCUT2D eigenvalue weighted by atomic mass is 32.2. The van der Waals surface area contributed by atoms with E-state index >= 15 is 0 Å². The summed E-state index contributed by atoms with van der Waals surface area (Å²) in [6.07, 6.45) is 1.70. The molecule has 0 bridgehead atoms. The van der Waals surface area contributed by atoms with E-state index in [1.54, 1.807) is 11.1 Å². The highest BCUT2D eigenvalue weighted by molar-refractivity contribution is 7.89. The van der Waals surface area contributed by atoms with Gasteiger partial charge < -0.3 is 9.47 Å². The molecule has 11 heteroatoms. The first-order valence-electron chi connectivity index (χ1n) is 14.2. The van der Waals surface area contributed by atoms with Crippen molar-refractivity contribution < 1.29 is 26.4 Å². The van der Waals surface area contributed by atoms with E-state index in [0.717, 1.165) is 60.2 Å². The molecular weight excluding hydrogens is 577 g/mol. The van der Waals surface area contributed by atoms with Crippen LogP contribution in [0.25, 0.3) is 0 Å². The number of hydrogen-bond donors (Lipinski definition) is 1. The van der Waals surface area contributed by atoms with E-state index in [-0.39, 0.29) is 29.2 Å². The van der Waals surface area contributed by atoms with Crippen molar-refractivity contribution in [3.63, 3.8) is 0 Å². The van der Waals surface area contributed by atoms with Gasteiger partial charge >= 0.3 is 6.18 Å². The molecule has 7 nitrogen and oxygen atoms in total. The minimum Gasteiger partial charge on any atom is -0.337 e. The number of carbonyl (C=O) groups is 1. The summed E-state index contributed by atoms with van der Waals surface area (Å²) < 4.78 is 70.1. The molecule has 1 saturated carbocycles. The zero-order valence-electron chi connectivity index (χ0n) is 23.5. The molecule has 3 aromatic carbocycles. The number of halogens is 3. The Morgan fingerprint density at radius 1 is 1.07 bits per heavy atom. The number of nitrogens with one attached hydrogen (secondary N) is 1. The Morgan fingerprint density at radius 2 is 1.81 bits per heavy atom. The maximum atomic E-state index is 14.0. The van der Waals surface area contributed by atoms with E-state index < -0.39 is 27.8 Å². The van der Waals surface area contributed by atoms with Crippen molar-refractivity contribution in [3.8, 4) is 0 Å². The predicted molar refractivity (Wildman–Crippen MR) is 156 cm³/mol. The first kappa shape index (κ1) is 29.1. The quantitative estimate of drug-likeness (QED) is 0.261. The lowest BCUT2D eigenvalue weighted by molar-refractivity contribution is -0.137. The van der Waals surface area contributed by atoms with Crippen molar-refractivity contribution in [1.29, 1.82) is 0 Å². The van der Waals surface area contributed by atoms with Gasteiger partial charge in [-0.05, 0) is 84.7 Å². The van der Waals surface area contributed by atoms with Gasteiger partial charge in [0.1, 0.15) is 5.82 Å². The van der Waals surface area contributed by atoms with E-state index in [1.807, 2.05) is 66.3 Å². The number of alkyl halides is 3. The summed E-state index contributed by atoms with van der Waals surface area (Å²) in [5.41, 5.74) is 2.58. The number of aromatic nitrogens is 2. The van der Waals surface area contributed by atoms with Crippen LogP contribution >= 0.6 is 0 Å². The molecule has 2 aliphatic carbocycles. The van der Waals surface area contributed by atoms with Crippen LogP contribution in [0.15, 0.2) is 90.1 Å². The lowest BCUT2D eigenvalue weighted by Gasteiger charge is -2.29. The second kappa shape index (κ2) is 11.3. The average molecular weight is 609 g/mol. The Hall–Kier alpha value is -3.96. The lowest BCUT2D eigenvalue weighted by Crippen LogP contribution is -2.34. The van der Waals surface area contributed by atoms with Crippen molar-refractivity contribution in [2.75, 3.05) is 4.90 Å². The third-order valence-corrected chi connectivity index (χ3v) is 9.85. The molecule has 0 spiro atoms. The van der Waals surface area contributed by atoms with Gasteiger partial charge in [-0.15, -0.1) is 0 Å². The number of nitrogens with zero attached hydrogens (tertiary/aromatic N) is 3. The number of hydrogen-bond acceptors (Lipinski definition) is 4. The zero-order chi connectivity index (χ0) is 30.4. The third-order valence-electron chi connectivity index (χ3n) is 8.37. The molecule has 3 atom stereocenters. The molecule has 1 fully saturated rings. The first-order chi connectivity index (χ1) is 20.5. The topological polar surface area (TPSA) is 84.3 Å². The van der Waals surface area contributed by atoms with Gasteiger partial charge in [0.15, 0.2) is 0 Å². The molecule has 0 radical (unpaired) electrons. The third kappa shape index (κ3) is 6.09. The van der Waals surface area contributed by atoms with Gasteiger partial charge in [0.05, 0.1) is 17.0 Å². The van der Waals surface area contributed by atoms with Crippen molar-refractivity contribution in [3.05, 3.63) is 113 Å². The summed E-state index contributed by atoms with van der Waals surface area (Å²) in [5.74, 6) is 0.656. The Labute approximate surface area is 248 Å². The van der Waals surface area contributed by atoms with Gasteiger partial charge in [0.2, 0.25) is 15.9 Å². The number of aryl methyl sites for hydroxylation is 2. The van der Waals surface area contributed by atoms with E-state index in [1.165, 1.54) is 0 Å². The van der Waals surface area contributed by atoms with Crippen LogP contribution in [0, 0.1) is 5.92 Å². The second-order valence-electron chi connectivity index (χ2n) is 11.2. The molecule has 6 rings (SSSR count). The molecule has 43 heavy (non-hydrogen) atoms. The van der Waals surface area contributed by atoms with Gasteiger partial charge in [-0.25, -0.2) is 18.1 Å². The summed E-state index contributed by atoms with van der Waals surface area (Å²) in [6.45, 7) is 0.251. The fraction of sp³-hybridized carbons (Fsp3) is 0.312. The molecule has 2 aliphatic rings. The first-order valence-corrected chi connectivity index (χ1v) is 15.6. The molecular formula is C32H31F3N4O3S. The van der Waals surface area contributed by atoms with Crippen molar-refractivity contribution in [1.82, 2.24) is 14.3 Å². The molecule has 0 aliphatic heterocycles. The smallest absolute Gasteiger partial charge is 0.337 e. The Bertz CT molecular complexity index is 1740. The average Bonchev–Trinajstić information content (AvgIpc) is 3.70. The highest BCUT2D eigenvalue weighted by Gasteiger charge is 2.46. The van der Waals surface area contributed by atoms with Crippen LogP contribution in [0.5, 0.6) is 0 Å². The number of fused-ring (bicyclic) bond motifs is 1. The number of rotatable bonds is 8. The Morgan fingerprint density at radius 3 is 2.49 bits per heavy atom.